The van der Waals surface area contributed by atoms with Crippen LogP contribution in [0.4, 0.5) is 0 Å². The van der Waals surface area contributed by atoms with E-state index < -0.39 is 57.2 Å². The monoisotopic (exact) mass is 463 g/mol. The molecule has 0 aromatic rings. The highest BCUT2D eigenvalue weighted by atomic mass is 32.2. The molecular formula is C19H29NO8S2-2. The highest BCUT2D eigenvalue weighted by molar-refractivity contribution is 7.71. The molecule has 9 nitrogen and oxygen atoms in total. The Hall–Kier alpha value is -1.98. The number of hydrogen-bond acceptors (Lipinski definition) is 9. The average molecular weight is 464 g/mol. The topological polar surface area (TPSA) is 161 Å². The summed E-state index contributed by atoms with van der Waals surface area (Å²) in [6.45, 7) is 8.87. The van der Waals surface area contributed by atoms with Gasteiger partial charge in [0.25, 0.3) is 0 Å². The zero-order valence-corrected chi connectivity index (χ0v) is 19.3. The van der Waals surface area contributed by atoms with Crippen LogP contribution in [0.3, 0.4) is 0 Å². The molecule has 0 saturated carbocycles. The molecule has 172 valence electrons. The van der Waals surface area contributed by atoms with Crippen molar-refractivity contribution in [2.45, 2.75) is 77.3 Å². The number of carbonyl (C=O) groups is 2. The Morgan fingerprint density at radius 3 is 1.83 bits per heavy atom. The lowest BCUT2D eigenvalue weighted by Gasteiger charge is -2.38. The van der Waals surface area contributed by atoms with Crippen molar-refractivity contribution in [2.75, 3.05) is 0 Å². The molecule has 0 radical (unpaired) electrons. The first-order chi connectivity index (χ1) is 13.6. The standard InChI is InChI=1S/C10H14O8S2.C9H17N/c11-8(12)2-1-3-10(9(13)14,4-6-19(15)16)5-7-20(17)18;1-8(2)6-5-7-9(3,4)10-8/h6-7H,1-5H2,(H,11,12)(H,13,14);5-6,10H,7H2,1-4H3/p-2. The van der Waals surface area contributed by atoms with Gasteiger partial charge in [-0.3, -0.25) is 0 Å². The van der Waals surface area contributed by atoms with Crippen molar-refractivity contribution in [3.63, 3.8) is 0 Å². The normalized spacial score (nSPS) is 16.5. The fraction of sp³-hybridized carbons (Fsp3) is 0.684. The van der Waals surface area contributed by atoms with Crippen LogP contribution in [0.2, 0.25) is 0 Å². The number of carboxylic acids is 2. The van der Waals surface area contributed by atoms with E-state index >= 15 is 0 Å². The molecule has 1 N–H and O–H groups in total. The largest absolute Gasteiger partial charge is 0.550 e. The average Bonchev–Trinajstić information content (AvgIpc) is 2.54. The van der Waals surface area contributed by atoms with Crippen LogP contribution < -0.4 is 15.5 Å². The molecule has 0 aromatic heterocycles. The third-order valence-electron chi connectivity index (χ3n) is 4.51. The summed E-state index contributed by atoms with van der Waals surface area (Å²) < 4.78 is 41.9. The van der Waals surface area contributed by atoms with E-state index in [9.17, 15) is 36.6 Å². The molecular weight excluding hydrogens is 434 g/mol. The predicted molar refractivity (Wildman–Crippen MR) is 111 cm³/mol. The van der Waals surface area contributed by atoms with Crippen molar-refractivity contribution in [1.29, 1.82) is 0 Å². The van der Waals surface area contributed by atoms with Gasteiger partial charge in [-0.05, 0) is 66.2 Å². The van der Waals surface area contributed by atoms with Crippen LogP contribution in [0.15, 0.2) is 12.2 Å². The number of rotatable bonds is 9. The van der Waals surface area contributed by atoms with E-state index in [2.05, 4.69) is 45.2 Å². The molecule has 11 heteroatoms. The third kappa shape index (κ3) is 11.9. The maximum atomic E-state index is 11.2. The van der Waals surface area contributed by atoms with Crippen LogP contribution in [0.25, 0.3) is 0 Å². The fourth-order valence-corrected chi connectivity index (χ4v) is 4.11. The lowest BCUT2D eigenvalue weighted by molar-refractivity contribution is -0.320. The molecule has 30 heavy (non-hydrogen) atoms. The van der Waals surface area contributed by atoms with Crippen LogP contribution in [0.1, 0.15) is 66.2 Å². The number of carboxylic acid groups (broad SMARTS) is 2. The number of hydrogen-bond donors (Lipinski definition) is 1. The second kappa shape index (κ2) is 12.0. The predicted octanol–water partition coefficient (Wildman–Crippen LogP) is -1.12. The Bertz CT molecular complexity index is 858. The van der Waals surface area contributed by atoms with Gasteiger partial charge in [0, 0.05) is 39.2 Å². The van der Waals surface area contributed by atoms with Gasteiger partial charge in [-0.1, -0.05) is 12.2 Å². The minimum Gasteiger partial charge on any atom is -0.550 e. The smallest absolute Gasteiger partial charge is 0.209 e. The summed E-state index contributed by atoms with van der Waals surface area (Å²) in [7, 11) is -5.24. The summed E-state index contributed by atoms with van der Waals surface area (Å²) in [5.41, 5.74) is -1.32. The molecule has 0 aliphatic carbocycles. The zero-order valence-electron chi connectivity index (χ0n) is 17.6. The van der Waals surface area contributed by atoms with E-state index in [-0.39, 0.29) is 23.9 Å². The van der Waals surface area contributed by atoms with E-state index in [1.807, 2.05) is 0 Å². The quantitative estimate of drug-likeness (QED) is 0.330. The van der Waals surface area contributed by atoms with Gasteiger partial charge in [-0.15, -0.1) is 0 Å². The van der Waals surface area contributed by atoms with Gasteiger partial charge >= 0.3 is 0 Å². The lowest BCUT2D eigenvalue weighted by atomic mass is 9.78. The Labute approximate surface area is 180 Å². The maximum Gasteiger partial charge on any atom is 0.209 e. The molecule has 0 amide bonds. The van der Waals surface area contributed by atoms with E-state index in [1.54, 1.807) is 0 Å². The van der Waals surface area contributed by atoms with Crippen molar-refractivity contribution in [1.82, 2.24) is 5.32 Å². The van der Waals surface area contributed by atoms with Crippen LogP contribution >= 0.6 is 0 Å². The number of aliphatic carboxylic acids is 2. The van der Waals surface area contributed by atoms with Gasteiger partial charge < -0.3 is 25.1 Å². The molecule has 0 saturated heterocycles. The van der Waals surface area contributed by atoms with Crippen molar-refractivity contribution in [2.24, 2.45) is 5.41 Å². The Kier molecular flexibility index (Phi) is 11.2. The van der Waals surface area contributed by atoms with Gasteiger partial charge in [0.1, 0.15) is 0 Å². The Morgan fingerprint density at radius 2 is 1.53 bits per heavy atom. The highest BCUT2D eigenvalue weighted by Gasteiger charge is 2.30. The maximum absolute atomic E-state index is 11.2. The van der Waals surface area contributed by atoms with Gasteiger partial charge in [0.15, 0.2) is 0 Å². The molecule has 1 aliphatic heterocycles. The fourth-order valence-electron chi connectivity index (χ4n) is 3.20. The summed E-state index contributed by atoms with van der Waals surface area (Å²) in [6, 6.07) is 0. The molecule has 0 unspecified atom stereocenters. The van der Waals surface area contributed by atoms with E-state index in [1.165, 1.54) is 0 Å². The first kappa shape index (κ1) is 28.0. The van der Waals surface area contributed by atoms with Crippen molar-refractivity contribution in [3.8, 4) is 0 Å². The van der Waals surface area contributed by atoms with Gasteiger partial charge in [-0.2, -0.15) is 16.8 Å². The lowest BCUT2D eigenvalue weighted by Crippen LogP contribution is -2.52. The van der Waals surface area contributed by atoms with Gasteiger partial charge in [-0.25, -0.2) is 0 Å². The molecule has 0 atom stereocenters. The van der Waals surface area contributed by atoms with E-state index in [0.29, 0.717) is 10.7 Å². The van der Waals surface area contributed by atoms with Crippen LogP contribution in [-0.2, 0) is 30.2 Å². The summed E-state index contributed by atoms with van der Waals surface area (Å²) in [5.74, 6) is -3.02. The summed E-state index contributed by atoms with van der Waals surface area (Å²) in [4.78, 5) is 21.5. The Balaban J connectivity index is 0.000000696. The van der Waals surface area contributed by atoms with E-state index in [0.717, 1.165) is 6.42 Å². The van der Waals surface area contributed by atoms with Crippen molar-refractivity contribution in [3.05, 3.63) is 12.2 Å². The Morgan fingerprint density at radius 1 is 1.03 bits per heavy atom. The van der Waals surface area contributed by atoms with Gasteiger partial charge in [0.05, 0.1) is 0 Å². The summed E-state index contributed by atoms with van der Waals surface area (Å²) in [5, 5.41) is 26.4. The molecule has 0 fully saturated rings. The second-order valence-electron chi connectivity index (χ2n) is 8.39. The molecule has 1 aliphatic rings. The van der Waals surface area contributed by atoms with Crippen LogP contribution in [-0.4, -0.2) is 50.6 Å². The highest BCUT2D eigenvalue weighted by Crippen LogP contribution is 2.31. The van der Waals surface area contributed by atoms with E-state index in [4.69, 9.17) is 0 Å². The zero-order chi connectivity index (χ0) is 23.6. The van der Waals surface area contributed by atoms with Gasteiger partial charge in [0.2, 0.25) is 20.6 Å². The SMILES string of the molecule is CC1(C)C=CCC(C)(C)N1.O=C([O-])CCCC(CC=S(=O)=O)(CC=S(=O)=O)C(=O)[O-]. The molecule has 0 spiro atoms. The first-order valence-electron chi connectivity index (χ1n) is 9.32. The molecule has 1 heterocycles. The van der Waals surface area contributed by atoms with Crippen molar-refractivity contribution >= 4 is 43.3 Å². The second-order valence-corrected chi connectivity index (χ2v) is 10.1. The summed E-state index contributed by atoms with van der Waals surface area (Å²) in [6.07, 6.45) is 3.90. The molecule has 0 aromatic carbocycles. The number of carbonyl (C=O) groups excluding carboxylic acids is 2. The number of nitrogens with one attached hydrogen (secondary N) is 1. The minimum absolute atomic E-state index is 0.102. The van der Waals surface area contributed by atoms with Crippen LogP contribution in [0, 0.1) is 5.41 Å². The third-order valence-corrected chi connectivity index (χ3v) is 5.39. The molecule has 1 rings (SSSR count). The summed E-state index contributed by atoms with van der Waals surface area (Å²) >= 11 is 0. The van der Waals surface area contributed by atoms with Crippen LogP contribution in [0.5, 0.6) is 0 Å². The minimum atomic E-state index is -2.62. The molecule has 0 bridgehead atoms. The first-order valence-corrected chi connectivity index (χ1v) is 11.6. The van der Waals surface area contributed by atoms with Crippen molar-refractivity contribution < 1.29 is 36.6 Å².